The van der Waals surface area contributed by atoms with E-state index in [2.05, 4.69) is 0 Å². The minimum absolute atomic E-state index is 0.207. The van der Waals surface area contributed by atoms with Gasteiger partial charge in [0.25, 0.3) is 0 Å². The van der Waals surface area contributed by atoms with Crippen LogP contribution in [0, 0.1) is 0 Å². The Balaban J connectivity index is 1.48. The molecule has 36 heavy (non-hydrogen) atoms. The van der Waals surface area contributed by atoms with Gasteiger partial charge >= 0.3 is 0 Å². The lowest BCUT2D eigenvalue weighted by molar-refractivity contribution is -0.321. The molecule has 0 amide bonds. The van der Waals surface area contributed by atoms with E-state index in [9.17, 15) is 5.11 Å². The molecule has 0 unspecified atom stereocenters. The Hall–Kier alpha value is -2.58. The topological polar surface area (TPSA) is 66.4 Å². The van der Waals surface area contributed by atoms with Crippen molar-refractivity contribution in [1.82, 2.24) is 0 Å². The van der Waals surface area contributed by atoms with Crippen molar-refractivity contribution >= 4 is 0 Å². The Morgan fingerprint density at radius 1 is 0.667 bits per heavy atom. The van der Waals surface area contributed by atoms with Crippen LogP contribution in [0.2, 0.25) is 0 Å². The fourth-order valence-electron chi connectivity index (χ4n) is 4.16. The van der Waals surface area contributed by atoms with Gasteiger partial charge in [-0.15, -0.1) is 0 Å². The molecule has 1 saturated heterocycles. The molecular weight excluding hydrogens is 456 g/mol. The lowest BCUT2D eigenvalue weighted by atomic mass is 9.98. The van der Waals surface area contributed by atoms with E-state index in [0.29, 0.717) is 26.4 Å². The molecule has 1 N–H and O–H groups in total. The molecule has 4 rings (SSSR count). The molecule has 6 nitrogen and oxygen atoms in total. The number of aliphatic hydroxyl groups is 1. The van der Waals surface area contributed by atoms with Gasteiger partial charge in [-0.2, -0.15) is 0 Å². The molecule has 3 aromatic carbocycles. The molecule has 0 aromatic heterocycles. The highest BCUT2D eigenvalue weighted by atomic mass is 16.7. The molecule has 0 radical (unpaired) electrons. The minimum atomic E-state index is -0.952. The van der Waals surface area contributed by atoms with Crippen LogP contribution in [0.1, 0.15) is 30.0 Å². The van der Waals surface area contributed by atoms with E-state index in [1.165, 1.54) is 0 Å². The molecule has 192 valence electrons. The smallest absolute Gasteiger partial charge is 0.186 e. The number of hydrogen-bond acceptors (Lipinski definition) is 6. The van der Waals surface area contributed by atoms with Crippen molar-refractivity contribution in [2.45, 2.75) is 63.9 Å². The largest absolute Gasteiger partial charge is 0.387 e. The average molecular weight is 493 g/mol. The molecule has 0 saturated carbocycles. The summed E-state index contributed by atoms with van der Waals surface area (Å²) in [6.07, 6.45) is -2.70. The zero-order valence-corrected chi connectivity index (χ0v) is 20.8. The van der Waals surface area contributed by atoms with Gasteiger partial charge < -0.3 is 28.8 Å². The second kappa shape index (κ2) is 14.2. The lowest BCUT2D eigenvalue weighted by Gasteiger charge is -2.44. The summed E-state index contributed by atoms with van der Waals surface area (Å²) in [4.78, 5) is 0. The van der Waals surface area contributed by atoms with Crippen LogP contribution >= 0.6 is 0 Å². The van der Waals surface area contributed by atoms with Gasteiger partial charge in [0.05, 0.1) is 26.4 Å². The van der Waals surface area contributed by atoms with Gasteiger partial charge in [-0.05, 0) is 23.1 Å². The van der Waals surface area contributed by atoms with Crippen molar-refractivity contribution in [3.05, 3.63) is 108 Å². The maximum atomic E-state index is 11.3. The summed E-state index contributed by atoms with van der Waals surface area (Å²) in [5.74, 6) is 0. The molecule has 3 aromatic rings. The van der Waals surface area contributed by atoms with Crippen molar-refractivity contribution < 1.29 is 28.8 Å². The van der Waals surface area contributed by atoms with Crippen molar-refractivity contribution in [3.8, 4) is 0 Å². The van der Waals surface area contributed by atoms with E-state index < -0.39 is 30.7 Å². The summed E-state index contributed by atoms with van der Waals surface area (Å²) in [7, 11) is 0. The van der Waals surface area contributed by atoms with Gasteiger partial charge in [-0.1, -0.05) is 97.9 Å². The monoisotopic (exact) mass is 492 g/mol. The van der Waals surface area contributed by atoms with Gasteiger partial charge in [0.2, 0.25) is 0 Å². The van der Waals surface area contributed by atoms with Gasteiger partial charge in [-0.3, -0.25) is 0 Å². The number of benzene rings is 3. The number of hydrogen-bond donors (Lipinski definition) is 1. The van der Waals surface area contributed by atoms with Crippen LogP contribution in [0.15, 0.2) is 91.0 Å². The second-order valence-electron chi connectivity index (χ2n) is 8.93. The van der Waals surface area contributed by atoms with Crippen LogP contribution in [-0.4, -0.2) is 49.0 Å². The fraction of sp³-hybridized carbons (Fsp3) is 0.400. The standard InChI is InChI=1S/C30H36O6/c1-2-18-33-30-29(35-21-25-16-10-5-11-17-25)28(34-20-24-14-8-4-9-15-24)27(31)26(36-30)22-32-19-23-12-6-3-7-13-23/h3-17,26-31H,2,18-22H2,1H3/t26-,27+,28+,29-,30-/m1/s1. The molecule has 0 aliphatic carbocycles. The van der Waals surface area contributed by atoms with E-state index >= 15 is 0 Å². The minimum Gasteiger partial charge on any atom is -0.387 e. The van der Waals surface area contributed by atoms with Crippen LogP contribution in [0.3, 0.4) is 0 Å². The van der Waals surface area contributed by atoms with Crippen LogP contribution in [0.25, 0.3) is 0 Å². The first-order valence-electron chi connectivity index (χ1n) is 12.6. The highest BCUT2D eigenvalue weighted by molar-refractivity contribution is 5.15. The molecule has 6 heteroatoms. The summed E-state index contributed by atoms with van der Waals surface area (Å²) in [5.41, 5.74) is 3.10. The molecule has 0 bridgehead atoms. The van der Waals surface area contributed by atoms with E-state index in [1.54, 1.807) is 0 Å². The summed E-state index contributed by atoms with van der Waals surface area (Å²) >= 11 is 0. The second-order valence-corrected chi connectivity index (χ2v) is 8.93. The quantitative estimate of drug-likeness (QED) is 0.367. The maximum Gasteiger partial charge on any atom is 0.186 e. The van der Waals surface area contributed by atoms with Crippen molar-refractivity contribution in [2.75, 3.05) is 13.2 Å². The fourth-order valence-corrected chi connectivity index (χ4v) is 4.16. The SMILES string of the molecule is CCCO[C@@H]1O[C@H](COCc2ccccc2)[C@H](O)[C@H](OCc2ccccc2)[C@H]1OCc1ccccc1. The molecule has 1 fully saturated rings. The van der Waals surface area contributed by atoms with Crippen LogP contribution in [-0.2, 0) is 43.5 Å². The zero-order chi connectivity index (χ0) is 25.0. The first kappa shape index (κ1) is 26.5. The van der Waals surface area contributed by atoms with Crippen LogP contribution in [0.5, 0.6) is 0 Å². The van der Waals surface area contributed by atoms with E-state index in [4.69, 9.17) is 23.7 Å². The summed E-state index contributed by atoms with van der Waals surface area (Å²) < 4.78 is 30.8. The van der Waals surface area contributed by atoms with Crippen LogP contribution in [0.4, 0.5) is 0 Å². The Kier molecular flexibility index (Phi) is 10.5. The highest BCUT2D eigenvalue weighted by Crippen LogP contribution is 2.29. The third kappa shape index (κ3) is 7.71. The Morgan fingerprint density at radius 2 is 1.17 bits per heavy atom. The first-order valence-corrected chi connectivity index (χ1v) is 12.6. The van der Waals surface area contributed by atoms with Crippen molar-refractivity contribution in [2.24, 2.45) is 0 Å². The molecular formula is C30H36O6. The third-order valence-corrected chi connectivity index (χ3v) is 6.07. The number of aliphatic hydroxyl groups excluding tert-OH is 1. The molecule has 1 aliphatic rings. The Labute approximate surface area is 213 Å². The van der Waals surface area contributed by atoms with Gasteiger partial charge in [0, 0.05) is 6.61 Å². The van der Waals surface area contributed by atoms with E-state index in [0.717, 1.165) is 23.1 Å². The Bertz CT molecular complexity index is 984. The predicted molar refractivity (Wildman–Crippen MR) is 137 cm³/mol. The van der Waals surface area contributed by atoms with Gasteiger partial charge in [0.1, 0.15) is 24.4 Å². The molecule has 1 aliphatic heterocycles. The maximum absolute atomic E-state index is 11.3. The lowest BCUT2D eigenvalue weighted by Crippen LogP contribution is -2.61. The third-order valence-electron chi connectivity index (χ3n) is 6.07. The normalized spacial score (nSPS) is 24.0. The molecule has 1 heterocycles. The highest BCUT2D eigenvalue weighted by Gasteiger charge is 2.47. The average Bonchev–Trinajstić information content (AvgIpc) is 2.93. The van der Waals surface area contributed by atoms with Gasteiger partial charge in [0.15, 0.2) is 6.29 Å². The van der Waals surface area contributed by atoms with E-state index in [-0.39, 0.29) is 6.61 Å². The number of rotatable bonds is 13. The first-order chi connectivity index (χ1) is 17.7. The number of ether oxygens (including phenoxy) is 5. The predicted octanol–water partition coefficient (Wildman–Crippen LogP) is 4.89. The van der Waals surface area contributed by atoms with Gasteiger partial charge in [-0.25, -0.2) is 0 Å². The summed E-state index contributed by atoms with van der Waals surface area (Å²) in [5, 5.41) is 11.3. The van der Waals surface area contributed by atoms with Crippen molar-refractivity contribution in [1.29, 1.82) is 0 Å². The zero-order valence-electron chi connectivity index (χ0n) is 20.8. The summed E-state index contributed by atoms with van der Waals surface area (Å²) in [6.45, 7) is 3.88. The van der Waals surface area contributed by atoms with Crippen molar-refractivity contribution in [3.63, 3.8) is 0 Å². The van der Waals surface area contributed by atoms with Crippen LogP contribution < -0.4 is 0 Å². The molecule has 0 spiro atoms. The summed E-state index contributed by atoms with van der Waals surface area (Å²) in [6, 6.07) is 29.7. The molecule has 5 atom stereocenters. The van der Waals surface area contributed by atoms with E-state index in [1.807, 2.05) is 97.9 Å². The Morgan fingerprint density at radius 3 is 1.69 bits per heavy atom.